The first-order chi connectivity index (χ1) is 6.81. The smallest absolute Gasteiger partial charge is 0.119 e. The van der Waals surface area contributed by atoms with Gasteiger partial charge in [-0.1, -0.05) is 12.5 Å². The number of hydrogen-bond acceptors (Lipinski definition) is 2. The Balaban J connectivity index is 2.39. The summed E-state index contributed by atoms with van der Waals surface area (Å²) >= 11 is 0. The van der Waals surface area contributed by atoms with Crippen molar-refractivity contribution in [2.24, 2.45) is 0 Å². The van der Waals surface area contributed by atoms with Crippen molar-refractivity contribution in [2.45, 2.75) is 31.8 Å². The van der Waals surface area contributed by atoms with Crippen LogP contribution in [0.1, 0.15) is 36.5 Å². The third-order valence-corrected chi connectivity index (χ3v) is 2.89. The van der Waals surface area contributed by atoms with E-state index < -0.39 is 0 Å². The highest BCUT2D eigenvalue weighted by Gasteiger charge is 2.16. The van der Waals surface area contributed by atoms with Crippen LogP contribution in [0.2, 0.25) is 0 Å². The first-order valence-corrected chi connectivity index (χ1v) is 5.16. The van der Waals surface area contributed by atoms with Gasteiger partial charge in [0.15, 0.2) is 0 Å². The summed E-state index contributed by atoms with van der Waals surface area (Å²) in [6.07, 6.45) is 3.94. The van der Waals surface area contributed by atoms with E-state index in [1.807, 2.05) is 12.1 Å². The number of aryl methyl sites for hydroxylation is 1. The van der Waals surface area contributed by atoms with Crippen LogP contribution in [-0.4, -0.2) is 12.2 Å². The molecule has 1 aliphatic rings. The molecule has 0 radical (unpaired) electrons. The van der Waals surface area contributed by atoms with E-state index in [0.717, 1.165) is 30.6 Å². The fourth-order valence-electron chi connectivity index (χ4n) is 2.05. The standard InChI is InChI=1S/C12H16O2/c1-14-10-7-6-9-4-2-3-5-12(13)11(9)8-10/h6-8,12-13H,2-5H2,1H3. The summed E-state index contributed by atoms with van der Waals surface area (Å²) in [5, 5.41) is 9.91. The lowest BCUT2D eigenvalue weighted by Gasteiger charge is -2.12. The zero-order valence-electron chi connectivity index (χ0n) is 8.49. The summed E-state index contributed by atoms with van der Waals surface area (Å²) in [5.74, 6) is 0.838. The molecule has 0 amide bonds. The molecular weight excluding hydrogens is 176 g/mol. The molecule has 1 aromatic carbocycles. The highest BCUT2D eigenvalue weighted by Crippen LogP contribution is 2.31. The molecule has 0 bridgehead atoms. The Bertz CT molecular complexity index is 320. The average molecular weight is 192 g/mol. The van der Waals surface area contributed by atoms with E-state index in [9.17, 15) is 5.11 Å². The summed E-state index contributed by atoms with van der Waals surface area (Å²) in [4.78, 5) is 0. The molecule has 0 saturated carbocycles. The lowest BCUT2D eigenvalue weighted by molar-refractivity contribution is 0.166. The molecule has 0 fully saturated rings. The van der Waals surface area contributed by atoms with Crippen molar-refractivity contribution in [1.82, 2.24) is 0 Å². The molecule has 0 heterocycles. The molecule has 0 spiro atoms. The lowest BCUT2D eigenvalue weighted by atomic mass is 10.0. The molecule has 1 aromatic rings. The Kier molecular flexibility index (Phi) is 2.73. The van der Waals surface area contributed by atoms with Gasteiger partial charge in [0.25, 0.3) is 0 Å². The van der Waals surface area contributed by atoms with Gasteiger partial charge in [-0.15, -0.1) is 0 Å². The van der Waals surface area contributed by atoms with Crippen LogP contribution in [0.5, 0.6) is 5.75 Å². The Labute approximate surface area is 84.5 Å². The monoisotopic (exact) mass is 192 g/mol. The molecule has 1 N–H and O–H groups in total. The second-order valence-electron chi connectivity index (χ2n) is 3.83. The maximum Gasteiger partial charge on any atom is 0.119 e. The molecule has 2 nitrogen and oxygen atoms in total. The minimum atomic E-state index is -0.303. The van der Waals surface area contributed by atoms with Gasteiger partial charge in [-0.05, 0) is 42.5 Å². The maximum absolute atomic E-state index is 9.91. The highest BCUT2D eigenvalue weighted by atomic mass is 16.5. The minimum absolute atomic E-state index is 0.303. The summed E-state index contributed by atoms with van der Waals surface area (Å²) < 4.78 is 5.16. The van der Waals surface area contributed by atoms with Crippen molar-refractivity contribution in [3.63, 3.8) is 0 Å². The van der Waals surface area contributed by atoms with Gasteiger partial charge in [0, 0.05) is 0 Å². The predicted octanol–water partition coefficient (Wildman–Crippen LogP) is 2.46. The topological polar surface area (TPSA) is 29.5 Å². The number of aliphatic hydroxyl groups is 1. The summed E-state index contributed by atoms with van der Waals surface area (Å²) in [5.41, 5.74) is 2.33. The number of aliphatic hydroxyl groups excluding tert-OH is 1. The van der Waals surface area contributed by atoms with Crippen LogP contribution in [0.4, 0.5) is 0 Å². The molecule has 1 atom stereocenters. The van der Waals surface area contributed by atoms with Gasteiger partial charge in [0.05, 0.1) is 13.2 Å². The number of ether oxygens (including phenoxy) is 1. The van der Waals surface area contributed by atoms with Gasteiger partial charge >= 0.3 is 0 Å². The number of fused-ring (bicyclic) bond motifs is 1. The van der Waals surface area contributed by atoms with Crippen molar-refractivity contribution >= 4 is 0 Å². The van der Waals surface area contributed by atoms with Crippen molar-refractivity contribution < 1.29 is 9.84 Å². The third-order valence-electron chi connectivity index (χ3n) is 2.89. The molecule has 1 aliphatic carbocycles. The Morgan fingerprint density at radius 1 is 1.36 bits per heavy atom. The first kappa shape index (κ1) is 9.53. The first-order valence-electron chi connectivity index (χ1n) is 5.16. The van der Waals surface area contributed by atoms with Crippen molar-refractivity contribution in [3.05, 3.63) is 29.3 Å². The average Bonchev–Trinajstić information content (AvgIpc) is 2.40. The van der Waals surface area contributed by atoms with Crippen LogP contribution >= 0.6 is 0 Å². The van der Waals surface area contributed by atoms with Crippen LogP contribution in [-0.2, 0) is 6.42 Å². The van der Waals surface area contributed by atoms with E-state index in [0.29, 0.717) is 0 Å². The fraction of sp³-hybridized carbons (Fsp3) is 0.500. The normalized spacial score (nSPS) is 21.1. The van der Waals surface area contributed by atoms with E-state index >= 15 is 0 Å². The Morgan fingerprint density at radius 2 is 2.21 bits per heavy atom. The quantitative estimate of drug-likeness (QED) is 0.692. The zero-order valence-corrected chi connectivity index (χ0v) is 8.49. The molecule has 14 heavy (non-hydrogen) atoms. The van der Waals surface area contributed by atoms with Crippen molar-refractivity contribution in [2.75, 3.05) is 7.11 Å². The van der Waals surface area contributed by atoms with Crippen molar-refractivity contribution in [3.8, 4) is 5.75 Å². The van der Waals surface area contributed by atoms with Crippen LogP contribution in [0.15, 0.2) is 18.2 Å². The zero-order chi connectivity index (χ0) is 9.97. The number of rotatable bonds is 1. The predicted molar refractivity (Wildman–Crippen MR) is 55.5 cm³/mol. The van der Waals surface area contributed by atoms with Gasteiger partial charge in [-0.3, -0.25) is 0 Å². The van der Waals surface area contributed by atoms with Crippen molar-refractivity contribution in [1.29, 1.82) is 0 Å². The molecule has 76 valence electrons. The van der Waals surface area contributed by atoms with E-state index in [1.165, 1.54) is 12.0 Å². The second-order valence-corrected chi connectivity index (χ2v) is 3.83. The number of hydrogen-bond donors (Lipinski definition) is 1. The molecule has 0 aromatic heterocycles. The van der Waals surface area contributed by atoms with Gasteiger partial charge in [-0.25, -0.2) is 0 Å². The van der Waals surface area contributed by atoms with Crippen LogP contribution in [0.25, 0.3) is 0 Å². The van der Waals surface area contributed by atoms with E-state index in [-0.39, 0.29) is 6.10 Å². The summed E-state index contributed by atoms with van der Waals surface area (Å²) in [6.45, 7) is 0. The molecule has 1 unspecified atom stereocenters. The van der Waals surface area contributed by atoms with Crippen LogP contribution in [0.3, 0.4) is 0 Å². The number of methoxy groups -OCH3 is 1. The largest absolute Gasteiger partial charge is 0.497 e. The van der Waals surface area contributed by atoms with Gasteiger partial charge in [-0.2, -0.15) is 0 Å². The van der Waals surface area contributed by atoms with Crippen LogP contribution < -0.4 is 4.74 Å². The van der Waals surface area contributed by atoms with E-state index in [2.05, 4.69) is 6.07 Å². The molecule has 2 rings (SSSR count). The Morgan fingerprint density at radius 3 is 3.00 bits per heavy atom. The molecule has 0 saturated heterocycles. The van der Waals surface area contributed by atoms with Gasteiger partial charge < -0.3 is 9.84 Å². The van der Waals surface area contributed by atoms with Gasteiger partial charge in [0.2, 0.25) is 0 Å². The fourth-order valence-corrected chi connectivity index (χ4v) is 2.05. The van der Waals surface area contributed by atoms with E-state index in [4.69, 9.17) is 4.74 Å². The van der Waals surface area contributed by atoms with E-state index in [1.54, 1.807) is 7.11 Å². The third kappa shape index (κ3) is 1.75. The highest BCUT2D eigenvalue weighted by molar-refractivity contribution is 5.37. The minimum Gasteiger partial charge on any atom is -0.497 e. The number of benzene rings is 1. The van der Waals surface area contributed by atoms with Gasteiger partial charge in [0.1, 0.15) is 5.75 Å². The second kappa shape index (κ2) is 4.01. The lowest BCUT2D eigenvalue weighted by Crippen LogP contribution is -1.99. The molecule has 2 heteroatoms. The summed E-state index contributed by atoms with van der Waals surface area (Å²) in [7, 11) is 1.66. The molecule has 0 aliphatic heterocycles. The van der Waals surface area contributed by atoms with Crippen LogP contribution in [0, 0.1) is 0 Å². The SMILES string of the molecule is COc1ccc2c(c1)C(O)CCCC2. The Hall–Kier alpha value is -1.02. The molecular formula is C12H16O2. The maximum atomic E-state index is 9.91. The summed E-state index contributed by atoms with van der Waals surface area (Å²) in [6, 6.07) is 6.00.